The normalized spacial score (nSPS) is 12.1. The number of benzene rings is 1. The minimum atomic E-state index is -0.0578. The number of unbranched alkanes of at least 4 members (excludes halogenated alkanes) is 1. The van der Waals surface area contributed by atoms with E-state index in [2.05, 4.69) is 33.3 Å². The Bertz CT molecular complexity index is 627. The highest BCUT2D eigenvalue weighted by molar-refractivity contribution is 9.10. The molecule has 23 heavy (non-hydrogen) atoms. The summed E-state index contributed by atoms with van der Waals surface area (Å²) in [5.74, 6) is 1.79. The first-order chi connectivity index (χ1) is 11.1. The van der Waals surface area contributed by atoms with Gasteiger partial charge in [-0.3, -0.25) is 4.79 Å². The van der Waals surface area contributed by atoms with Gasteiger partial charge in [0, 0.05) is 10.5 Å². The van der Waals surface area contributed by atoms with Gasteiger partial charge in [-0.25, -0.2) is 4.68 Å². The predicted molar refractivity (Wildman–Crippen MR) is 101 cm³/mol. The lowest BCUT2D eigenvalue weighted by atomic mass is 10.2. The summed E-state index contributed by atoms with van der Waals surface area (Å²) in [5.41, 5.74) is 1.14. The van der Waals surface area contributed by atoms with Crippen molar-refractivity contribution in [3.05, 3.63) is 46.6 Å². The molecule has 0 aliphatic rings. The molecule has 6 heteroatoms. The van der Waals surface area contributed by atoms with Crippen LogP contribution in [0.3, 0.4) is 0 Å². The highest BCUT2D eigenvalue weighted by Crippen LogP contribution is 2.17. The van der Waals surface area contributed by atoms with Gasteiger partial charge >= 0.3 is 0 Å². The molecule has 1 aromatic heterocycles. The first-order valence-corrected chi connectivity index (χ1v) is 9.63. The number of nitrogens with one attached hydrogen (secondary N) is 1. The summed E-state index contributed by atoms with van der Waals surface area (Å²) < 4.78 is 2.86. The molecule has 1 atom stereocenters. The van der Waals surface area contributed by atoms with Crippen LogP contribution in [0.2, 0.25) is 0 Å². The van der Waals surface area contributed by atoms with Gasteiger partial charge in [0.2, 0.25) is 5.91 Å². The standard InChI is InChI=1S/C17H22BrN3OS/c1-3-4-11-23-13(2)17(22)20-16-9-10-19-21(16)12-14-5-7-15(18)8-6-14/h5-10,13H,3-4,11-12H2,1-2H3,(H,20,22). The van der Waals surface area contributed by atoms with Gasteiger partial charge in [-0.1, -0.05) is 41.4 Å². The summed E-state index contributed by atoms with van der Waals surface area (Å²) in [6, 6.07) is 9.93. The van der Waals surface area contributed by atoms with Crippen LogP contribution < -0.4 is 5.32 Å². The first-order valence-electron chi connectivity index (χ1n) is 7.79. The van der Waals surface area contributed by atoms with E-state index in [0.717, 1.165) is 34.4 Å². The monoisotopic (exact) mass is 395 g/mol. The van der Waals surface area contributed by atoms with Crippen LogP contribution in [0.25, 0.3) is 0 Å². The van der Waals surface area contributed by atoms with Gasteiger partial charge in [-0.05, 0) is 36.8 Å². The molecule has 124 valence electrons. The number of anilines is 1. The second-order valence-electron chi connectivity index (χ2n) is 5.36. The maximum absolute atomic E-state index is 12.3. The van der Waals surface area contributed by atoms with Gasteiger partial charge in [0.15, 0.2) is 0 Å². The van der Waals surface area contributed by atoms with E-state index in [0.29, 0.717) is 6.54 Å². The van der Waals surface area contributed by atoms with Crippen LogP contribution in [0.15, 0.2) is 41.0 Å². The third-order valence-corrected chi connectivity index (χ3v) is 5.22. The zero-order valence-corrected chi connectivity index (χ0v) is 15.9. The van der Waals surface area contributed by atoms with Gasteiger partial charge in [0.05, 0.1) is 18.0 Å². The van der Waals surface area contributed by atoms with Crippen molar-refractivity contribution < 1.29 is 4.79 Å². The molecule has 0 spiro atoms. The number of carbonyl (C=O) groups is 1. The Labute approximate surface area is 150 Å². The second-order valence-corrected chi connectivity index (χ2v) is 7.72. The molecule has 0 fully saturated rings. The van der Waals surface area contributed by atoms with Crippen molar-refractivity contribution in [1.29, 1.82) is 0 Å². The fourth-order valence-corrected chi connectivity index (χ4v) is 3.32. The summed E-state index contributed by atoms with van der Waals surface area (Å²) in [6.07, 6.45) is 4.01. The van der Waals surface area contributed by atoms with Crippen LogP contribution in [0.4, 0.5) is 5.82 Å². The Hall–Kier alpha value is -1.27. The molecule has 0 aliphatic heterocycles. The first kappa shape index (κ1) is 18.1. The number of amides is 1. The van der Waals surface area contributed by atoms with E-state index in [1.807, 2.05) is 41.9 Å². The lowest BCUT2D eigenvalue weighted by Gasteiger charge is -2.13. The zero-order valence-electron chi connectivity index (χ0n) is 13.5. The van der Waals surface area contributed by atoms with E-state index >= 15 is 0 Å². The summed E-state index contributed by atoms with van der Waals surface area (Å²) in [7, 11) is 0. The smallest absolute Gasteiger partial charge is 0.238 e. The predicted octanol–water partition coefficient (Wildman–Crippen LogP) is 4.55. The molecule has 0 saturated carbocycles. The Morgan fingerprint density at radius 3 is 2.78 bits per heavy atom. The molecule has 1 aromatic carbocycles. The second kappa shape index (κ2) is 9.13. The van der Waals surface area contributed by atoms with Gasteiger partial charge in [-0.2, -0.15) is 5.10 Å². The maximum atomic E-state index is 12.3. The molecule has 1 unspecified atom stereocenters. The summed E-state index contributed by atoms with van der Waals surface area (Å²) in [5, 5.41) is 7.23. The van der Waals surface area contributed by atoms with Gasteiger partial charge in [0.25, 0.3) is 0 Å². The van der Waals surface area contributed by atoms with Crippen molar-refractivity contribution in [2.24, 2.45) is 0 Å². The SMILES string of the molecule is CCCCSC(C)C(=O)Nc1ccnn1Cc1ccc(Br)cc1. The van der Waals surface area contributed by atoms with Crippen molar-refractivity contribution in [3.63, 3.8) is 0 Å². The van der Waals surface area contributed by atoms with Crippen LogP contribution in [0.1, 0.15) is 32.3 Å². The summed E-state index contributed by atoms with van der Waals surface area (Å²) in [6.45, 7) is 4.74. The molecule has 1 heterocycles. The fourth-order valence-electron chi connectivity index (χ4n) is 2.04. The van der Waals surface area contributed by atoms with Crippen molar-refractivity contribution in [3.8, 4) is 0 Å². The fraction of sp³-hybridized carbons (Fsp3) is 0.412. The average molecular weight is 396 g/mol. The molecule has 0 saturated heterocycles. The Morgan fingerprint density at radius 2 is 2.09 bits per heavy atom. The Kier molecular flexibility index (Phi) is 7.17. The van der Waals surface area contributed by atoms with Gasteiger partial charge in [0.1, 0.15) is 5.82 Å². The quantitative estimate of drug-likeness (QED) is 0.666. The molecule has 0 radical (unpaired) electrons. The Morgan fingerprint density at radius 1 is 1.35 bits per heavy atom. The molecule has 0 bridgehead atoms. The molecular formula is C17H22BrN3OS. The molecule has 1 amide bonds. The molecule has 4 nitrogen and oxygen atoms in total. The highest BCUT2D eigenvalue weighted by Gasteiger charge is 2.15. The maximum Gasteiger partial charge on any atom is 0.238 e. The van der Waals surface area contributed by atoms with Crippen LogP contribution >= 0.6 is 27.7 Å². The number of thioether (sulfide) groups is 1. The van der Waals surface area contributed by atoms with Crippen molar-refractivity contribution in [2.45, 2.75) is 38.5 Å². The topological polar surface area (TPSA) is 46.9 Å². The molecular weight excluding hydrogens is 374 g/mol. The van der Waals surface area contributed by atoms with E-state index in [1.165, 1.54) is 0 Å². The summed E-state index contributed by atoms with van der Waals surface area (Å²) in [4.78, 5) is 12.3. The molecule has 1 N–H and O–H groups in total. The van der Waals surface area contributed by atoms with E-state index in [1.54, 1.807) is 18.0 Å². The third-order valence-electron chi connectivity index (χ3n) is 3.45. The molecule has 0 aliphatic carbocycles. The molecule has 2 rings (SSSR count). The average Bonchev–Trinajstić information content (AvgIpc) is 2.96. The number of rotatable bonds is 8. The minimum Gasteiger partial charge on any atom is -0.310 e. The van der Waals surface area contributed by atoms with Crippen LogP contribution in [-0.2, 0) is 11.3 Å². The summed E-state index contributed by atoms with van der Waals surface area (Å²) >= 11 is 5.13. The van der Waals surface area contributed by atoms with E-state index < -0.39 is 0 Å². The van der Waals surface area contributed by atoms with Crippen LogP contribution in [-0.4, -0.2) is 26.7 Å². The van der Waals surface area contributed by atoms with Crippen molar-refractivity contribution in [2.75, 3.05) is 11.1 Å². The van der Waals surface area contributed by atoms with Crippen molar-refractivity contribution in [1.82, 2.24) is 9.78 Å². The number of nitrogens with zero attached hydrogens (tertiary/aromatic N) is 2. The number of halogens is 1. The number of carbonyl (C=O) groups excluding carboxylic acids is 1. The van der Waals surface area contributed by atoms with E-state index in [9.17, 15) is 4.79 Å². The molecule has 2 aromatic rings. The lowest BCUT2D eigenvalue weighted by molar-refractivity contribution is -0.115. The number of hydrogen-bond donors (Lipinski definition) is 1. The van der Waals surface area contributed by atoms with Crippen molar-refractivity contribution >= 4 is 39.4 Å². The van der Waals surface area contributed by atoms with Crippen LogP contribution in [0, 0.1) is 0 Å². The number of aromatic nitrogens is 2. The van der Waals surface area contributed by atoms with Gasteiger partial charge in [-0.15, -0.1) is 11.8 Å². The number of hydrogen-bond acceptors (Lipinski definition) is 3. The third kappa shape index (κ3) is 5.70. The van der Waals surface area contributed by atoms with Crippen LogP contribution in [0.5, 0.6) is 0 Å². The Balaban J connectivity index is 1.95. The van der Waals surface area contributed by atoms with Gasteiger partial charge < -0.3 is 5.32 Å². The highest BCUT2D eigenvalue weighted by atomic mass is 79.9. The van der Waals surface area contributed by atoms with E-state index in [-0.39, 0.29) is 11.2 Å². The minimum absolute atomic E-state index is 0.0312. The largest absolute Gasteiger partial charge is 0.310 e. The lowest BCUT2D eigenvalue weighted by Crippen LogP contribution is -2.24. The van der Waals surface area contributed by atoms with E-state index in [4.69, 9.17) is 0 Å². The zero-order chi connectivity index (χ0) is 16.7.